The predicted molar refractivity (Wildman–Crippen MR) is 107 cm³/mol. The van der Waals surface area contributed by atoms with Gasteiger partial charge in [-0.1, -0.05) is 23.7 Å². The van der Waals surface area contributed by atoms with Crippen molar-refractivity contribution in [3.8, 4) is 5.75 Å². The third kappa shape index (κ3) is 5.53. The van der Waals surface area contributed by atoms with E-state index < -0.39 is 0 Å². The summed E-state index contributed by atoms with van der Waals surface area (Å²) in [6.45, 7) is 4.19. The van der Waals surface area contributed by atoms with Crippen LogP contribution in [0.1, 0.15) is 22.0 Å². The minimum atomic E-state index is 0.0643. The van der Waals surface area contributed by atoms with Crippen LogP contribution < -0.4 is 10.1 Å². The van der Waals surface area contributed by atoms with Crippen molar-refractivity contribution < 1.29 is 14.3 Å². The number of ketones is 1. The van der Waals surface area contributed by atoms with E-state index in [1.165, 1.54) is 5.56 Å². The first-order valence-electron chi connectivity index (χ1n) is 9.12. The van der Waals surface area contributed by atoms with E-state index in [-0.39, 0.29) is 11.8 Å². The van der Waals surface area contributed by atoms with Crippen LogP contribution in [0.15, 0.2) is 48.5 Å². The Bertz CT molecular complexity index is 728. The third-order valence-electron chi connectivity index (χ3n) is 4.78. The lowest BCUT2D eigenvalue weighted by molar-refractivity contribution is 0.0162. The maximum atomic E-state index is 12.4. The summed E-state index contributed by atoms with van der Waals surface area (Å²) in [5.41, 5.74) is 1.86. The smallest absolute Gasteiger partial charge is 0.176 e. The number of nitrogens with one attached hydrogen (secondary N) is 1. The minimum absolute atomic E-state index is 0.0643. The lowest BCUT2D eigenvalue weighted by atomic mass is 10.0. The highest BCUT2D eigenvalue weighted by molar-refractivity contribution is 6.30. The fraction of sp³-hybridized carbons (Fsp3) is 0.381. The van der Waals surface area contributed by atoms with Crippen molar-refractivity contribution >= 4 is 17.4 Å². The number of carbonyl (C=O) groups excluding carboxylic acids is 1. The van der Waals surface area contributed by atoms with E-state index >= 15 is 0 Å². The molecular weight excluding hydrogens is 364 g/mol. The standard InChI is InChI=1S/C21H25ClN2O3/c1-26-19-8-4-17(5-9-19)21(25)15-23-14-20(24-10-12-27-13-11-24)16-2-6-18(22)7-3-16/h2-9,20,23H,10-15H2,1H3. The maximum absolute atomic E-state index is 12.4. The van der Waals surface area contributed by atoms with Gasteiger partial charge in [0.05, 0.1) is 26.9 Å². The van der Waals surface area contributed by atoms with E-state index in [9.17, 15) is 4.79 Å². The maximum Gasteiger partial charge on any atom is 0.176 e. The third-order valence-corrected chi connectivity index (χ3v) is 5.03. The van der Waals surface area contributed by atoms with Crippen LogP contribution in [0, 0.1) is 0 Å². The number of nitrogens with zero attached hydrogens (tertiary/aromatic N) is 1. The molecule has 0 aromatic heterocycles. The Morgan fingerprint density at radius 1 is 1.15 bits per heavy atom. The van der Waals surface area contributed by atoms with Gasteiger partial charge in [0.1, 0.15) is 5.75 Å². The van der Waals surface area contributed by atoms with E-state index in [1.807, 2.05) is 12.1 Å². The molecule has 2 aromatic carbocycles. The van der Waals surface area contributed by atoms with Crippen molar-refractivity contribution in [3.63, 3.8) is 0 Å². The van der Waals surface area contributed by atoms with Gasteiger partial charge >= 0.3 is 0 Å². The van der Waals surface area contributed by atoms with Crippen molar-refractivity contribution in [2.45, 2.75) is 6.04 Å². The normalized spacial score (nSPS) is 16.1. The molecule has 6 heteroatoms. The number of Topliss-reactive ketones (excluding diaryl/α,β-unsaturated/α-hetero) is 1. The van der Waals surface area contributed by atoms with Gasteiger partial charge in [0.25, 0.3) is 0 Å². The number of hydrogen-bond acceptors (Lipinski definition) is 5. The number of hydrogen-bond donors (Lipinski definition) is 1. The van der Waals surface area contributed by atoms with Gasteiger partial charge in [0, 0.05) is 36.3 Å². The molecule has 0 saturated carbocycles. The average Bonchev–Trinajstić information content (AvgIpc) is 2.72. The van der Waals surface area contributed by atoms with Gasteiger partial charge in [-0.3, -0.25) is 9.69 Å². The van der Waals surface area contributed by atoms with Crippen LogP contribution in [-0.2, 0) is 4.74 Å². The highest BCUT2D eigenvalue weighted by atomic mass is 35.5. The van der Waals surface area contributed by atoms with Crippen molar-refractivity contribution in [1.29, 1.82) is 0 Å². The van der Waals surface area contributed by atoms with Crippen LogP contribution in [0.5, 0.6) is 5.75 Å². The Hall–Kier alpha value is -1.92. The molecule has 0 spiro atoms. The Labute approximate surface area is 165 Å². The molecule has 1 atom stereocenters. The molecular formula is C21H25ClN2O3. The molecule has 1 heterocycles. The van der Waals surface area contributed by atoms with Crippen LogP contribution in [0.2, 0.25) is 5.02 Å². The second kappa shape index (κ2) is 9.85. The van der Waals surface area contributed by atoms with Crippen molar-refractivity contribution in [1.82, 2.24) is 10.2 Å². The molecule has 1 N–H and O–H groups in total. The largest absolute Gasteiger partial charge is 0.497 e. The highest BCUT2D eigenvalue weighted by Crippen LogP contribution is 2.23. The van der Waals surface area contributed by atoms with Gasteiger partial charge in [0.15, 0.2) is 5.78 Å². The fourth-order valence-corrected chi connectivity index (χ4v) is 3.36. The quantitative estimate of drug-likeness (QED) is 0.704. The summed E-state index contributed by atoms with van der Waals surface area (Å²) in [5, 5.41) is 4.05. The van der Waals surface area contributed by atoms with Crippen molar-refractivity contribution in [3.05, 3.63) is 64.7 Å². The van der Waals surface area contributed by atoms with Crippen molar-refractivity contribution in [2.24, 2.45) is 0 Å². The van der Waals surface area contributed by atoms with Gasteiger partial charge in [-0.05, 0) is 42.0 Å². The second-order valence-corrected chi connectivity index (χ2v) is 6.93. The summed E-state index contributed by atoms with van der Waals surface area (Å²) in [7, 11) is 1.61. The Balaban J connectivity index is 1.61. The SMILES string of the molecule is COc1ccc(C(=O)CNCC(c2ccc(Cl)cc2)N2CCOCC2)cc1. The van der Waals surface area contributed by atoms with Gasteiger partial charge in [-0.15, -0.1) is 0 Å². The van der Waals surface area contributed by atoms with E-state index in [2.05, 4.69) is 22.3 Å². The van der Waals surface area contributed by atoms with Crippen LogP contribution in [0.3, 0.4) is 0 Å². The monoisotopic (exact) mass is 388 g/mol. The fourth-order valence-electron chi connectivity index (χ4n) is 3.23. The lowest BCUT2D eigenvalue weighted by Crippen LogP contribution is -2.43. The van der Waals surface area contributed by atoms with Crippen LogP contribution >= 0.6 is 11.6 Å². The van der Waals surface area contributed by atoms with Crippen LogP contribution in [0.25, 0.3) is 0 Å². The zero-order chi connectivity index (χ0) is 19.1. The molecule has 1 saturated heterocycles. The first-order valence-corrected chi connectivity index (χ1v) is 9.50. The lowest BCUT2D eigenvalue weighted by Gasteiger charge is -2.35. The number of ether oxygens (including phenoxy) is 2. The molecule has 1 fully saturated rings. The number of halogens is 1. The summed E-state index contributed by atoms with van der Waals surface area (Å²) >= 11 is 6.03. The van der Waals surface area contributed by atoms with Crippen LogP contribution in [0.4, 0.5) is 0 Å². The summed E-state index contributed by atoms with van der Waals surface area (Å²) in [5.74, 6) is 0.809. The zero-order valence-corrected chi connectivity index (χ0v) is 16.2. The van der Waals surface area contributed by atoms with Gasteiger partial charge in [0.2, 0.25) is 0 Å². The Morgan fingerprint density at radius 2 is 1.81 bits per heavy atom. The first kappa shape index (κ1) is 19.8. The van der Waals surface area contributed by atoms with E-state index in [1.54, 1.807) is 31.4 Å². The number of carbonyl (C=O) groups is 1. The second-order valence-electron chi connectivity index (χ2n) is 6.50. The molecule has 144 valence electrons. The number of morpholine rings is 1. The first-order chi connectivity index (χ1) is 13.2. The zero-order valence-electron chi connectivity index (χ0n) is 15.5. The highest BCUT2D eigenvalue weighted by Gasteiger charge is 2.22. The number of benzene rings is 2. The summed E-state index contributed by atoms with van der Waals surface area (Å²) in [6, 6.07) is 15.3. The summed E-state index contributed by atoms with van der Waals surface area (Å²) in [6.07, 6.45) is 0. The van der Waals surface area contributed by atoms with Gasteiger partial charge in [-0.2, -0.15) is 0 Å². The van der Waals surface area contributed by atoms with E-state index in [0.29, 0.717) is 18.7 Å². The molecule has 0 bridgehead atoms. The predicted octanol–water partition coefficient (Wildman–Crippen LogP) is 3.19. The molecule has 2 aromatic rings. The molecule has 0 radical (unpaired) electrons. The molecule has 27 heavy (non-hydrogen) atoms. The van der Waals surface area contributed by atoms with Crippen molar-refractivity contribution in [2.75, 3.05) is 46.5 Å². The van der Waals surface area contributed by atoms with E-state index in [0.717, 1.165) is 37.1 Å². The number of rotatable bonds is 8. The molecule has 3 rings (SSSR count). The molecule has 1 aliphatic rings. The molecule has 1 unspecified atom stereocenters. The number of methoxy groups -OCH3 is 1. The van der Waals surface area contributed by atoms with E-state index in [4.69, 9.17) is 21.1 Å². The van der Waals surface area contributed by atoms with Gasteiger partial charge < -0.3 is 14.8 Å². The topological polar surface area (TPSA) is 50.8 Å². The summed E-state index contributed by atoms with van der Waals surface area (Å²) < 4.78 is 10.6. The average molecular weight is 389 g/mol. The van der Waals surface area contributed by atoms with Gasteiger partial charge in [-0.25, -0.2) is 0 Å². The van der Waals surface area contributed by atoms with Crippen LogP contribution in [-0.4, -0.2) is 57.2 Å². The molecule has 0 aliphatic carbocycles. The summed E-state index contributed by atoms with van der Waals surface area (Å²) in [4.78, 5) is 14.8. The Morgan fingerprint density at radius 3 is 2.44 bits per heavy atom. The molecule has 0 amide bonds. The Kier molecular flexibility index (Phi) is 7.24. The molecule has 1 aliphatic heterocycles. The molecule has 5 nitrogen and oxygen atoms in total. The minimum Gasteiger partial charge on any atom is -0.497 e.